The van der Waals surface area contributed by atoms with Gasteiger partial charge in [0.2, 0.25) is 10.0 Å². The lowest BCUT2D eigenvalue weighted by Crippen LogP contribution is -2.43. The monoisotopic (exact) mass is 259 g/mol. The van der Waals surface area contributed by atoms with Crippen LogP contribution in [-0.4, -0.2) is 14.0 Å². The minimum Gasteiger partial charge on any atom is -0.207 e. The lowest BCUT2D eigenvalue weighted by molar-refractivity contribution is 0.416. The van der Waals surface area contributed by atoms with E-state index in [2.05, 4.69) is 4.72 Å². The molecule has 3 nitrogen and oxygen atoms in total. The van der Waals surface area contributed by atoms with Crippen LogP contribution < -0.4 is 4.72 Å². The van der Waals surface area contributed by atoms with Gasteiger partial charge in [0.1, 0.15) is 10.7 Å². The summed E-state index contributed by atoms with van der Waals surface area (Å²) in [5.74, 6) is -0.729. The van der Waals surface area contributed by atoms with E-state index in [0.29, 0.717) is 6.42 Å². The number of rotatable bonds is 5. The summed E-state index contributed by atoms with van der Waals surface area (Å²) in [4.78, 5) is -0.302. The highest BCUT2D eigenvalue weighted by atomic mass is 32.2. The van der Waals surface area contributed by atoms with Gasteiger partial charge in [-0.25, -0.2) is 17.5 Å². The van der Waals surface area contributed by atoms with E-state index in [-0.39, 0.29) is 4.90 Å². The Morgan fingerprint density at radius 3 is 2.41 bits per heavy atom. The number of halogens is 1. The van der Waals surface area contributed by atoms with Crippen molar-refractivity contribution in [1.29, 1.82) is 0 Å². The van der Waals surface area contributed by atoms with Gasteiger partial charge < -0.3 is 0 Å². The van der Waals surface area contributed by atoms with Crippen LogP contribution in [-0.2, 0) is 10.0 Å². The molecule has 0 saturated heterocycles. The fourth-order valence-corrected chi connectivity index (χ4v) is 3.28. The SMILES string of the molecule is CCCC(C)(C)NS(=O)(=O)c1ccccc1F. The van der Waals surface area contributed by atoms with E-state index in [0.717, 1.165) is 12.5 Å². The van der Waals surface area contributed by atoms with Gasteiger partial charge in [-0.1, -0.05) is 25.5 Å². The van der Waals surface area contributed by atoms with Crippen molar-refractivity contribution in [2.45, 2.75) is 44.0 Å². The van der Waals surface area contributed by atoms with Gasteiger partial charge in [-0.05, 0) is 32.4 Å². The molecule has 5 heteroatoms. The standard InChI is InChI=1S/C12H18FNO2S/c1-4-9-12(2,3)14-17(15,16)11-8-6-5-7-10(11)13/h5-8,14H,4,9H2,1-3H3. The Morgan fingerprint density at radius 1 is 1.29 bits per heavy atom. The maximum absolute atomic E-state index is 13.4. The maximum Gasteiger partial charge on any atom is 0.243 e. The van der Waals surface area contributed by atoms with Crippen LogP contribution in [0.4, 0.5) is 4.39 Å². The molecule has 0 aliphatic carbocycles. The molecule has 0 spiro atoms. The van der Waals surface area contributed by atoms with E-state index >= 15 is 0 Å². The van der Waals surface area contributed by atoms with E-state index in [1.165, 1.54) is 18.2 Å². The predicted octanol–water partition coefficient (Wildman–Crippen LogP) is 2.68. The Morgan fingerprint density at radius 2 is 1.88 bits per heavy atom. The lowest BCUT2D eigenvalue weighted by Gasteiger charge is -2.25. The van der Waals surface area contributed by atoms with Gasteiger partial charge >= 0.3 is 0 Å². The quantitative estimate of drug-likeness (QED) is 0.883. The molecule has 0 aliphatic heterocycles. The van der Waals surface area contributed by atoms with Crippen LogP contribution in [0.1, 0.15) is 33.6 Å². The summed E-state index contributed by atoms with van der Waals surface area (Å²) in [5, 5.41) is 0. The molecule has 0 aromatic heterocycles. The van der Waals surface area contributed by atoms with Gasteiger partial charge in [-0.2, -0.15) is 0 Å². The van der Waals surface area contributed by atoms with Crippen molar-refractivity contribution in [2.24, 2.45) is 0 Å². The van der Waals surface area contributed by atoms with Crippen LogP contribution in [0.3, 0.4) is 0 Å². The van der Waals surface area contributed by atoms with E-state index in [1.54, 1.807) is 13.8 Å². The third kappa shape index (κ3) is 3.78. The molecule has 0 radical (unpaired) electrons. The van der Waals surface area contributed by atoms with Crippen molar-refractivity contribution in [1.82, 2.24) is 4.72 Å². The van der Waals surface area contributed by atoms with E-state index in [4.69, 9.17) is 0 Å². The third-order valence-corrected chi connectivity index (χ3v) is 4.14. The Kier molecular flexibility index (Phi) is 4.27. The third-order valence-electron chi connectivity index (χ3n) is 2.41. The van der Waals surface area contributed by atoms with Crippen molar-refractivity contribution in [2.75, 3.05) is 0 Å². The Labute approximate surface area is 102 Å². The highest BCUT2D eigenvalue weighted by molar-refractivity contribution is 7.89. The zero-order valence-electron chi connectivity index (χ0n) is 10.3. The van der Waals surface area contributed by atoms with Crippen molar-refractivity contribution >= 4 is 10.0 Å². The molecule has 0 heterocycles. The minimum absolute atomic E-state index is 0.302. The molecule has 0 unspecified atom stereocenters. The first-order valence-corrected chi connectivity index (χ1v) is 7.05. The molecule has 96 valence electrons. The first-order chi connectivity index (χ1) is 7.78. The van der Waals surface area contributed by atoms with Crippen molar-refractivity contribution in [3.8, 4) is 0 Å². The van der Waals surface area contributed by atoms with Gasteiger partial charge in [0.05, 0.1) is 0 Å². The molecule has 0 fully saturated rings. The van der Waals surface area contributed by atoms with Gasteiger partial charge in [0, 0.05) is 5.54 Å². The largest absolute Gasteiger partial charge is 0.243 e. The second-order valence-corrected chi connectivity index (χ2v) is 6.32. The molecular weight excluding hydrogens is 241 g/mol. The number of nitrogens with one attached hydrogen (secondary N) is 1. The van der Waals surface area contributed by atoms with E-state index < -0.39 is 21.4 Å². The van der Waals surface area contributed by atoms with Crippen LogP contribution in [0.25, 0.3) is 0 Å². The maximum atomic E-state index is 13.4. The molecule has 17 heavy (non-hydrogen) atoms. The zero-order chi connectivity index (χ0) is 13.1. The lowest BCUT2D eigenvalue weighted by atomic mass is 10.0. The van der Waals surface area contributed by atoms with E-state index in [1.807, 2.05) is 6.92 Å². The average Bonchev–Trinajstić information content (AvgIpc) is 2.15. The molecule has 1 aromatic carbocycles. The average molecular weight is 259 g/mol. The van der Waals surface area contributed by atoms with Crippen molar-refractivity contribution < 1.29 is 12.8 Å². The molecule has 0 aliphatic rings. The van der Waals surface area contributed by atoms with Gasteiger partial charge in [-0.15, -0.1) is 0 Å². The molecule has 1 N–H and O–H groups in total. The highest BCUT2D eigenvalue weighted by Crippen LogP contribution is 2.18. The van der Waals surface area contributed by atoms with Gasteiger partial charge in [0.25, 0.3) is 0 Å². The molecule has 0 bridgehead atoms. The second-order valence-electron chi connectivity index (χ2n) is 4.67. The summed E-state index contributed by atoms with van der Waals surface area (Å²) >= 11 is 0. The highest BCUT2D eigenvalue weighted by Gasteiger charge is 2.27. The normalized spacial score (nSPS) is 12.7. The fraction of sp³-hybridized carbons (Fsp3) is 0.500. The smallest absolute Gasteiger partial charge is 0.207 e. The number of benzene rings is 1. The summed E-state index contributed by atoms with van der Waals surface area (Å²) < 4.78 is 39.9. The van der Waals surface area contributed by atoms with Crippen LogP contribution in [0.15, 0.2) is 29.2 Å². The fourth-order valence-electron chi connectivity index (χ4n) is 1.76. The second kappa shape index (κ2) is 5.14. The topological polar surface area (TPSA) is 46.2 Å². The Hall–Kier alpha value is -0.940. The molecule has 1 aromatic rings. The number of hydrogen-bond donors (Lipinski definition) is 1. The van der Waals surface area contributed by atoms with Crippen LogP contribution in [0, 0.1) is 5.82 Å². The molecule has 0 saturated carbocycles. The Balaban J connectivity index is 3.02. The number of sulfonamides is 1. The van der Waals surface area contributed by atoms with Crippen molar-refractivity contribution in [3.63, 3.8) is 0 Å². The summed E-state index contributed by atoms with van der Waals surface area (Å²) in [7, 11) is -3.80. The molecule has 0 amide bonds. The Bertz CT molecular complexity index is 483. The predicted molar refractivity (Wildman–Crippen MR) is 65.7 cm³/mol. The molecular formula is C12H18FNO2S. The summed E-state index contributed by atoms with van der Waals surface area (Å²) in [6.07, 6.45) is 1.55. The van der Waals surface area contributed by atoms with Crippen LogP contribution in [0.2, 0.25) is 0 Å². The van der Waals surface area contributed by atoms with Gasteiger partial charge in [-0.3, -0.25) is 0 Å². The molecule has 0 atom stereocenters. The first-order valence-electron chi connectivity index (χ1n) is 5.57. The summed E-state index contributed by atoms with van der Waals surface area (Å²) in [5.41, 5.74) is -0.574. The van der Waals surface area contributed by atoms with E-state index in [9.17, 15) is 12.8 Å². The molecule has 1 rings (SSSR count). The summed E-state index contributed by atoms with van der Waals surface area (Å²) in [6, 6.07) is 5.37. The van der Waals surface area contributed by atoms with Crippen molar-refractivity contribution in [3.05, 3.63) is 30.1 Å². The van der Waals surface area contributed by atoms with Crippen LogP contribution >= 0.6 is 0 Å². The minimum atomic E-state index is -3.80. The van der Waals surface area contributed by atoms with Crippen LogP contribution in [0.5, 0.6) is 0 Å². The number of hydrogen-bond acceptors (Lipinski definition) is 2. The van der Waals surface area contributed by atoms with Gasteiger partial charge in [0.15, 0.2) is 0 Å². The first kappa shape index (κ1) is 14.1. The summed E-state index contributed by atoms with van der Waals surface area (Å²) in [6.45, 7) is 5.54. The zero-order valence-corrected chi connectivity index (χ0v) is 11.1.